The van der Waals surface area contributed by atoms with E-state index in [4.69, 9.17) is 15.9 Å². The van der Waals surface area contributed by atoms with Gasteiger partial charge in [-0.05, 0) is 17.7 Å². The highest BCUT2D eigenvalue weighted by atomic mass is 19.4. The summed E-state index contributed by atoms with van der Waals surface area (Å²) < 4.78 is 36.7. The summed E-state index contributed by atoms with van der Waals surface area (Å²) in [5.41, 5.74) is 3.64. The first-order valence-electron chi connectivity index (χ1n) is 4.52. The van der Waals surface area contributed by atoms with Crippen LogP contribution in [0.5, 0.6) is 0 Å². The van der Waals surface area contributed by atoms with E-state index in [9.17, 15) is 13.2 Å². The second-order valence-corrected chi connectivity index (χ2v) is 3.55. The molecule has 4 N–H and O–H groups in total. The third-order valence-electron chi connectivity index (χ3n) is 2.35. The molecule has 0 unspecified atom stereocenters. The molecular weight excluding hydrogens is 223 g/mol. The lowest BCUT2D eigenvalue weighted by atomic mass is 9.92. The van der Waals surface area contributed by atoms with E-state index in [1.54, 1.807) is 0 Å². The summed E-state index contributed by atoms with van der Waals surface area (Å²) in [6.45, 7) is -1.09. The minimum atomic E-state index is -4.41. The van der Waals surface area contributed by atoms with Crippen molar-refractivity contribution in [3.05, 3.63) is 35.4 Å². The van der Waals surface area contributed by atoms with E-state index in [-0.39, 0.29) is 5.56 Å². The Morgan fingerprint density at radius 3 is 1.62 bits per heavy atom. The zero-order valence-corrected chi connectivity index (χ0v) is 8.33. The quantitative estimate of drug-likeness (QED) is 0.727. The van der Waals surface area contributed by atoms with Gasteiger partial charge in [0.15, 0.2) is 0 Å². The summed E-state index contributed by atoms with van der Waals surface area (Å²) in [6.07, 6.45) is -4.41. The fraction of sp³-hybridized carbons (Fsp3) is 0.400. The van der Waals surface area contributed by atoms with E-state index in [0.717, 1.165) is 24.3 Å². The van der Waals surface area contributed by atoms with E-state index < -0.39 is 30.5 Å². The highest BCUT2D eigenvalue weighted by Crippen LogP contribution is 2.30. The van der Waals surface area contributed by atoms with Crippen molar-refractivity contribution in [3.63, 3.8) is 0 Å². The van der Waals surface area contributed by atoms with Crippen molar-refractivity contribution >= 4 is 0 Å². The average Bonchev–Trinajstić information content (AvgIpc) is 2.27. The lowest BCUT2D eigenvalue weighted by Crippen LogP contribution is -2.44. The molecule has 0 radical (unpaired) electrons. The van der Waals surface area contributed by atoms with E-state index >= 15 is 0 Å². The lowest BCUT2D eigenvalue weighted by Gasteiger charge is -2.25. The molecule has 0 aliphatic carbocycles. The van der Waals surface area contributed by atoms with E-state index in [0.29, 0.717) is 0 Å². The van der Waals surface area contributed by atoms with Crippen LogP contribution in [-0.2, 0) is 11.7 Å². The number of rotatable bonds is 3. The molecular formula is C10H12F3NO2. The molecule has 6 heteroatoms. The van der Waals surface area contributed by atoms with Gasteiger partial charge in [-0.3, -0.25) is 0 Å². The standard InChI is InChI=1S/C10H12F3NO2/c11-10(12,13)8-3-1-7(2-4-8)9(14,5-15)6-16/h1-4,15-16H,5-6,14H2. The number of halogens is 3. The minimum absolute atomic E-state index is 0.255. The van der Waals surface area contributed by atoms with Crippen molar-refractivity contribution < 1.29 is 23.4 Å². The van der Waals surface area contributed by atoms with Gasteiger partial charge in [0.1, 0.15) is 0 Å². The minimum Gasteiger partial charge on any atom is -0.394 e. The molecule has 0 fully saturated rings. The van der Waals surface area contributed by atoms with Crippen molar-refractivity contribution in [1.29, 1.82) is 0 Å². The maximum atomic E-state index is 12.2. The first kappa shape index (κ1) is 13.0. The summed E-state index contributed by atoms with van der Waals surface area (Å²) in [5, 5.41) is 17.9. The van der Waals surface area contributed by atoms with E-state index in [1.807, 2.05) is 0 Å². The molecule has 16 heavy (non-hydrogen) atoms. The highest BCUT2D eigenvalue weighted by Gasteiger charge is 2.31. The lowest BCUT2D eigenvalue weighted by molar-refractivity contribution is -0.137. The normalized spacial score (nSPS) is 12.9. The predicted molar refractivity (Wildman–Crippen MR) is 51.5 cm³/mol. The van der Waals surface area contributed by atoms with Crippen LogP contribution in [-0.4, -0.2) is 23.4 Å². The molecule has 0 amide bonds. The number of hydrogen-bond acceptors (Lipinski definition) is 3. The molecule has 3 nitrogen and oxygen atoms in total. The maximum absolute atomic E-state index is 12.2. The second kappa shape index (κ2) is 4.40. The monoisotopic (exact) mass is 235 g/mol. The van der Waals surface area contributed by atoms with Crippen LogP contribution in [0.3, 0.4) is 0 Å². The molecule has 0 heterocycles. The van der Waals surface area contributed by atoms with Crippen LogP contribution in [0.2, 0.25) is 0 Å². The summed E-state index contributed by atoms with van der Waals surface area (Å²) in [4.78, 5) is 0. The topological polar surface area (TPSA) is 66.5 Å². The molecule has 0 saturated carbocycles. The predicted octanol–water partition coefficient (Wildman–Crippen LogP) is 0.844. The number of aliphatic hydroxyl groups excluding tert-OH is 2. The molecule has 0 saturated heterocycles. The smallest absolute Gasteiger partial charge is 0.394 e. The van der Waals surface area contributed by atoms with Gasteiger partial charge < -0.3 is 15.9 Å². The Labute approximate surface area is 90.3 Å². The number of hydrogen-bond donors (Lipinski definition) is 3. The van der Waals surface area contributed by atoms with Gasteiger partial charge in [-0.15, -0.1) is 0 Å². The fourth-order valence-electron chi connectivity index (χ4n) is 1.22. The first-order valence-corrected chi connectivity index (χ1v) is 4.52. The van der Waals surface area contributed by atoms with Crippen LogP contribution in [0.15, 0.2) is 24.3 Å². The molecule has 0 bridgehead atoms. The molecule has 0 aliphatic rings. The van der Waals surface area contributed by atoms with Gasteiger partial charge in [-0.2, -0.15) is 13.2 Å². The third-order valence-corrected chi connectivity index (χ3v) is 2.35. The molecule has 0 aliphatic heterocycles. The van der Waals surface area contributed by atoms with E-state index in [2.05, 4.69) is 0 Å². The molecule has 1 aromatic rings. The van der Waals surface area contributed by atoms with Crippen LogP contribution in [0.25, 0.3) is 0 Å². The zero-order valence-electron chi connectivity index (χ0n) is 8.33. The molecule has 0 aromatic heterocycles. The number of nitrogens with two attached hydrogens (primary N) is 1. The Bertz CT molecular complexity index is 344. The zero-order chi connectivity index (χ0) is 12.4. The molecule has 0 spiro atoms. The van der Waals surface area contributed by atoms with Crippen LogP contribution in [0.1, 0.15) is 11.1 Å². The van der Waals surface area contributed by atoms with Crippen LogP contribution in [0, 0.1) is 0 Å². The van der Waals surface area contributed by atoms with Crippen LogP contribution in [0.4, 0.5) is 13.2 Å². The second-order valence-electron chi connectivity index (χ2n) is 3.55. The Morgan fingerprint density at radius 1 is 0.938 bits per heavy atom. The first-order chi connectivity index (χ1) is 7.33. The van der Waals surface area contributed by atoms with Crippen molar-refractivity contribution in [2.75, 3.05) is 13.2 Å². The summed E-state index contributed by atoms with van der Waals surface area (Å²) in [6, 6.07) is 4.02. The van der Waals surface area contributed by atoms with Crippen molar-refractivity contribution in [2.24, 2.45) is 5.73 Å². The van der Waals surface area contributed by atoms with E-state index in [1.165, 1.54) is 0 Å². The van der Waals surface area contributed by atoms with Gasteiger partial charge in [0.05, 0.1) is 24.3 Å². The molecule has 90 valence electrons. The summed E-state index contributed by atoms with van der Waals surface area (Å²) >= 11 is 0. The van der Waals surface area contributed by atoms with Gasteiger partial charge in [0, 0.05) is 0 Å². The SMILES string of the molecule is NC(CO)(CO)c1ccc(C(F)(F)F)cc1. The van der Waals surface area contributed by atoms with Gasteiger partial charge in [-0.1, -0.05) is 12.1 Å². The average molecular weight is 235 g/mol. The van der Waals surface area contributed by atoms with Gasteiger partial charge in [0.25, 0.3) is 0 Å². The largest absolute Gasteiger partial charge is 0.416 e. The van der Waals surface area contributed by atoms with Crippen LogP contribution >= 0.6 is 0 Å². The van der Waals surface area contributed by atoms with Crippen molar-refractivity contribution in [1.82, 2.24) is 0 Å². The number of benzene rings is 1. The number of alkyl halides is 3. The van der Waals surface area contributed by atoms with Gasteiger partial charge in [-0.25, -0.2) is 0 Å². The molecule has 1 rings (SSSR count). The fourth-order valence-corrected chi connectivity index (χ4v) is 1.22. The molecule has 1 aromatic carbocycles. The Morgan fingerprint density at radius 2 is 1.31 bits per heavy atom. The Kier molecular flexibility index (Phi) is 3.57. The van der Waals surface area contributed by atoms with Crippen LogP contribution < -0.4 is 5.73 Å². The van der Waals surface area contributed by atoms with Gasteiger partial charge in [0.2, 0.25) is 0 Å². The maximum Gasteiger partial charge on any atom is 0.416 e. The summed E-state index contributed by atoms with van der Waals surface area (Å²) in [5.74, 6) is 0. The third kappa shape index (κ3) is 2.52. The highest BCUT2D eigenvalue weighted by molar-refractivity contribution is 5.30. The molecule has 0 atom stereocenters. The number of aliphatic hydroxyl groups is 2. The Balaban J connectivity index is 3.04. The van der Waals surface area contributed by atoms with Gasteiger partial charge >= 0.3 is 6.18 Å². The van der Waals surface area contributed by atoms with Crippen molar-refractivity contribution in [2.45, 2.75) is 11.7 Å². The Hall–Kier alpha value is -1.11. The summed E-state index contributed by atoms with van der Waals surface area (Å²) in [7, 11) is 0. The van der Waals surface area contributed by atoms with Crippen molar-refractivity contribution in [3.8, 4) is 0 Å².